The van der Waals surface area contributed by atoms with E-state index in [2.05, 4.69) is 5.32 Å². The van der Waals surface area contributed by atoms with E-state index in [4.69, 9.17) is 4.74 Å². The molecule has 5 nitrogen and oxygen atoms in total. The molecule has 1 aliphatic rings. The van der Waals surface area contributed by atoms with Crippen LogP contribution in [0.5, 0.6) is 5.75 Å². The standard InChI is InChI=1S/C25H22N2O3S/c1-30-21-15-9-8-14-20(21)26-22-23(31-19-12-6-3-7-13-19)25(29)27(24(22)28)17-16-18-10-4-2-5-11-18/h2-15,26H,16-17H2,1H3. The molecule has 1 heterocycles. The smallest absolute Gasteiger partial charge is 0.278 e. The largest absolute Gasteiger partial charge is 0.495 e. The third-order valence-electron chi connectivity index (χ3n) is 4.92. The molecule has 4 rings (SSSR count). The first-order valence-electron chi connectivity index (χ1n) is 9.94. The van der Waals surface area contributed by atoms with Crippen molar-refractivity contribution in [3.05, 3.63) is 101 Å². The Hall–Kier alpha value is -3.51. The fourth-order valence-corrected chi connectivity index (χ4v) is 4.30. The lowest BCUT2D eigenvalue weighted by Gasteiger charge is -2.15. The lowest BCUT2D eigenvalue weighted by atomic mass is 10.1. The first-order chi connectivity index (χ1) is 15.2. The van der Waals surface area contributed by atoms with Crippen molar-refractivity contribution in [3.8, 4) is 5.75 Å². The van der Waals surface area contributed by atoms with Gasteiger partial charge in [0.2, 0.25) is 0 Å². The predicted octanol–water partition coefficient (Wildman–Crippen LogP) is 4.72. The average molecular weight is 431 g/mol. The van der Waals surface area contributed by atoms with Gasteiger partial charge in [0.15, 0.2) is 0 Å². The van der Waals surface area contributed by atoms with Gasteiger partial charge in [0.1, 0.15) is 16.4 Å². The summed E-state index contributed by atoms with van der Waals surface area (Å²) in [6.45, 7) is 0.317. The van der Waals surface area contributed by atoms with E-state index in [0.29, 0.717) is 29.3 Å². The van der Waals surface area contributed by atoms with Crippen molar-refractivity contribution >= 4 is 29.3 Å². The number of nitrogens with one attached hydrogen (secondary N) is 1. The maximum Gasteiger partial charge on any atom is 0.278 e. The Morgan fingerprint density at radius 1 is 0.839 bits per heavy atom. The number of nitrogens with zero attached hydrogens (tertiary/aromatic N) is 1. The van der Waals surface area contributed by atoms with Crippen LogP contribution in [0.25, 0.3) is 0 Å². The van der Waals surface area contributed by atoms with Gasteiger partial charge < -0.3 is 10.1 Å². The number of rotatable bonds is 8. The number of hydrogen-bond donors (Lipinski definition) is 1. The van der Waals surface area contributed by atoms with E-state index in [9.17, 15) is 9.59 Å². The number of amides is 2. The van der Waals surface area contributed by atoms with Crippen LogP contribution >= 0.6 is 11.8 Å². The number of ether oxygens (including phenoxy) is 1. The Balaban J connectivity index is 1.63. The summed E-state index contributed by atoms with van der Waals surface area (Å²) < 4.78 is 5.40. The molecule has 0 unspecified atom stereocenters. The van der Waals surface area contributed by atoms with Crippen LogP contribution in [0.1, 0.15) is 5.56 Å². The van der Waals surface area contributed by atoms with Gasteiger partial charge in [-0.2, -0.15) is 0 Å². The van der Waals surface area contributed by atoms with E-state index in [1.54, 1.807) is 13.2 Å². The van der Waals surface area contributed by atoms with Crippen LogP contribution in [0, 0.1) is 0 Å². The molecule has 3 aromatic carbocycles. The second-order valence-electron chi connectivity index (χ2n) is 6.94. The highest BCUT2D eigenvalue weighted by Crippen LogP contribution is 2.37. The molecule has 1 N–H and O–H groups in total. The molecular formula is C25H22N2O3S. The van der Waals surface area contributed by atoms with E-state index in [0.717, 1.165) is 10.5 Å². The fourth-order valence-electron chi connectivity index (χ4n) is 3.34. The molecule has 0 spiro atoms. The van der Waals surface area contributed by atoms with Gasteiger partial charge in [0.25, 0.3) is 11.8 Å². The molecule has 0 fully saturated rings. The summed E-state index contributed by atoms with van der Waals surface area (Å²) in [7, 11) is 1.57. The number of hydrogen-bond acceptors (Lipinski definition) is 5. The minimum Gasteiger partial charge on any atom is -0.495 e. The monoisotopic (exact) mass is 430 g/mol. The molecule has 1 aliphatic heterocycles. The molecule has 0 radical (unpaired) electrons. The van der Waals surface area contributed by atoms with Crippen molar-refractivity contribution in [2.75, 3.05) is 19.0 Å². The van der Waals surface area contributed by atoms with Crippen molar-refractivity contribution < 1.29 is 14.3 Å². The highest BCUT2D eigenvalue weighted by atomic mass is 32.2. The van der Waals surface area contributed by atoms with Crippen molar-refractivity contribution in [1.29, 1.82) is 0 Å². The second kappa shape index (κ2) is 9.53. The maximum absolute atomic E-state index is 13.3. The predicted molar refractivity (Wildman–Crippen MR) is 123 cm³/mol. The fraction of sp³-hybridized carbons (Fsp3) is 0.120. The normalized spacial score (nSPS) is 13.6. The van der Waals surface area contributed by atoms with E-state index in [1.165, 1.54) is 16.7 Å². The number of thioether (sulfide) groups is 1. The Morgan fingerprint density at radius 3 is 2.19 bits per heavy atom. The highest BCUT2D eigenvalue weighted by molar-refractivity contribution is 8.04. The quantitative estimate of drug-likeness (QED) is 0.524. The van der Waals surface area contributed by atoms with Crippen LogP contribution in [0.2, 0.25) is 0 Å². The third kappa shape index (κ3) is 4.64. The highest BCUT2D eigenvalue weighted by Gasteiger charge is 2.39. The van der Waals surface area contributed by atoms with Gasteiger partial charge in [-0.25, -0.2) is 0 Å². The first kappa shape index (κ1) is 20.8. The third-order valence-corrected chi connectivity index (χ3v) is 6.01. The summed E-state index contributed by atoms with van der Waals surface area (Å²) in [6, 6.07) is 26.7. The molecule has 0 atom stereocenters. The van der Waals surface area contributed by atoms with Gasteiger partial charge in [-0.05, 0) is 36.2 Å². The topological polar surface area (TPSA) is 58.6 Å². The number of carbonyl (C=O) groups excluding carboxylic acids is 2. The van der Waals surface area contributed by atoms with Crippen LogP contribution in [-0.4, -0.2) is 30.4 Å². The van der Waals surface area contributed by atoms with Crippen molar-refractivity contribution in [2.45, 2.75) is 11.3 Å². The number of anilines is 1. The zero-order valence-corrected chi connectivity index (χ0v) is 17.9. The van der Waals surface area contributed by atoms with Crippen LogP contribution < -0.4 is 10.1 Å². The van der Waals surface area contributed by atoms with Crippen LogP contribution in [0.15, 0.2) is 100 Å². The van der Waals surface area contributed by atoms with E-state index >= 15 is 0 Å². The molecule has 0 saturated carbocycles. The molecular weight excluding hydrogens is 408 g/mol. The van der Waals surface area contributed by atoms with E-state index in [1.807, 2.05) is 78.9 Å². The van der Waals surface area contributed by atoms with Gasteiger partial charge in [0.05, 0.1) is 12.8 Å². The van der Waals surface area contributed by atoms with Crippen LogP contribution in [0.3, 0.4) is 0 Å². The van der Waals surface area contributed by atoms with Gasteiger partial charge in [-0.3, -0.25) is 14.5 Å². The summed E-state index contributed by atoms with van der Waals surface area (Å²) in [6.07, 6.45) is 0.601. The van der Waals surface area contributed by atoms with Crippen LogP contribution in [0.4, 0.5) is 5.69 Å². The summed E-state index contributed by atoms with van der Waals surface area (Å²) in [5, 5.41) is 3.16. The van der Waals surface area contributed by atoms with E-state index in [-0.39, 0.29) is 17.5 Å². The molecule has 0 aliphatic carbocycles. The number of methoxy groups -OCH3 is 1. The second-order valence-corrected chi connectivity index (χ2v) is 8.03. The Labute approximate surface area is 185 Å². The number of carbonyl (C=O) groups is 2. The van der Waals surface area contributed by atoms with Crippen molar-refractivity contribution in [2.24, 2.45) is 0 Å². The molecule has 6 heteroatoms. The summed E-state index contributed by atoms with van der Waals surface area (Å²) in [5.41, 5.74) is 1.99. The Morgan fingerprint density at radius 2 is 1.48 bits per heavy atom. The number of benzene rings is 3. The summed E-state index contributed by atoms with van der Waals surface area (Å²) in [4.78, 5) is 29.1. The van der Waals surface area contributed by atoms with Crippen molar-refractivity contribution in [3.63, 3.8) is 0 Å². The summed E-state index contributed by atoms with van der Waals surface area (Å²) in [5.74, 6) is -0.0144. The van der Waals surface area contributed by atoms with Gasteiger partial charge in [0, 0.05) is 11.4 Å². The molecule has 0 saturated heterocycles. The minimum absolute atomic E-state index is 0.274. The molecule has 156 valence electrons. The van der Waals surface area contributed by atoms with Crippen molar-refractivity contribution in [1.82, 2.24) is 4.90 Å². The zero-order chi connectivity index (χ0) is 21.6. The van der Waals surface area contributed by atoms with Gasteiger partial charge in [-0.1, -0.05) is 72.4 Å². The van der Waals surface area contributed by atoms with Crippen LogP contribution in [-0.2, 0) is 16.0 Å². The number of imide groups is 1. The molecule has 2 amide bonds. The molecule has 3 aromatic rings. The lowest BCUT2D eigenvalue weighted by molar-refractivity contribution is -0.137. The average Bonchev–Trinajstić information content (AvgIpc) is 3.03. The first-order valence-corrected chi connectivity index (χ1v) is 10.8. The van der Waals surface area contributed by atoms with Gasteiger partial charge in [-0.15, -0.1) is 0 Å². The SMILES string of the molecule is COc1ccccc1NC1=C(Sc2ccccc2)C(=O)N(CCc2ccccc2)C1=O. The van der Waals surface area contributed by atoms with Gasteiger partial charge >= 0.3 is 0 Å². The maximum atomic E-state index is 13.3. The molecule has 0 bridgehead atoms. The number of para-hydroxylation sites is 2. The zero-order valence-electron chi connectivity index (χ0n) is 17.1. The Kier molecular flexibility index (Phi) is 6.38. The Bertz CT molecular complexity index is 1110. The minimum atomic E-state index is -0.328. The lowest BCUT2D eigenvalue weighted by Crippen LogP contribution is -2.34. The summed E-state index contributed by atoms with van der Waals surface area (Å²) >= 11 is 1.29. The molecule has 0 aromatic heterocycles. The molecule has 31 heavy (non-hydrogen) atoms. The van der Waals surface area contributed by atoms with E-state index < -0.39 is 0 Å².